The van der Waals surface area contributed by atoms with Gasteiger partial charge in [-0.25, -0.2) is 0 Å². The van der Waals surface area contributed by atoms with E-state index in [1.54, 1.807) is 0 Å². The number of hydrogen-bond acceptors (Lipinski definition) is 2. The van der Waals surface area contributed by atoms with Gasteiger partial charge in [-0.1, -0.05) is 0 Å². The lowest BCUT2D eigenvalue weighted by atomic mass is 10.9. The van der Waals surface area contributed by atoms with Crippen LogP contribution in [0.4, 0.5) is 35.1 Å². The monoisotopic (exact) mass is 232 g/mol. The van der Waals surface area contributed by atoms with E-state index in [1.807, 2.05) is 0 Å². The molecule has 0 fully saturated rings. The zero-order valence-corrected chi connectivity index (χ0v) is 5.84. The van der Waals surface area contributed by atoms with Crippen LogP contribution < -0.4 is 0 Å². The minimum absolute atomic E-state index is 2.16. The van der Waals surface area contributed by atoms with Crippen molar-refractivity contribution in [2.24, 2.45) is 0 Å². The highest BCUT2D eigenvalue weighted by molar-refractivity contribution is 4.83. The van der Waals surface area contributed by atoms with Gasteiger partial charge in [0.1, 0.15) is 0 Å². The molecule has 0 heterocycles. The van der Waals surface area contributed by atoms with Crippen LogP contribution in [0.1, 0.15) is 0 Å². The maximum absolute atomic E-state index is 11.8. The lowest BCUT2D eigenvalue weighted by molar-refractivity contribution is -0.334. The summed E-state index contributed by atoms with van der Waals surface area (Å²) in [5, 5.41) is 0. The first-order chi connectivity index (χ1) is 6.01. The highest BCUT2D eigenvalue weighted by atomic mass is 19.4. The fourth-order valence-electron chi connectivity index (χ4n) is 0.283. The average Bonchev–Trinajstić information content (AvgIpc) is 1.78. The van der Waals surface area contributed by atoms with Crippen molar-refractivity contribution in [2.45, 2.75) is 12.7 Å². The van der Waals surface area contributed by atoms with E-state index in [2.05, 4.69) is 9.47 Å². The Kier molecular flexibility index (Phi) is 3.54. The Labute approximate surface area is 70.7 Å². The van der Waals surface area contributed by atoms with Crippen molar-refractivity contribution in [3.63, 3.8) is 0 Å². The molecule has 0 saturated carbocycles. The van der Waals surface area contributed by atoms with E-state index in [9.17, 15) is 35.1 Å². The second kappa shape index (κ2) is 3.88. The molecule has 0 rings (SSSR count). The van der Waals surface area contributed by atoms with Crippen LogP contribution in [0.5, 0.6) is 0 Å². The summed E-state index contributed by atoms with van der Waals surface area (Å²) in [5.41, 5.74) is 0. The molecule has 0 saturated heterocycles. The second-order valence-corrected chi connectivity index (χ2v) is 1.64. The van der Waals surface area contributed by atoms with Crippen molar-refractivity contribution < 1.29 is 44.6 Å². The number of halogens is 8. The Hall–Kier alpha value is -1.22. The summed E-state index contributed by atoms with van der Waals surface area (Å²) in [6.45, 7) is 0. The van der Waals surface area contributed by atoms with E-state index in [0.717, 1.165) is 0 Å². The van der Waals surface area contributed by atoms with Crippen LogP contribution in [0.3, 0.4) is 0 Å². The molecule has 0 aromatic carbocycles. The van der Waals surface area contributed by atoms with Crippen LogP contribution >= 0.6 is 0 Å². The summed E-state index contributed by atoms with van der Waals surface area (Å²) in [7, 11) is 0. The smallest absolute Gasteiger partial charge is 0.374 e. The molecule has 0 aliphatic rings. The van der Waals surface area contributed by atoms with Gasteiger partial charge < -0.3 is 9.47 Å². The molecule has 0 aromatic heterocycles. The lowest BCUT2D eigenvalue weighted by Gasteiger charge is -2.08. The van der Waals surface area contributed by atoms with Gasteiger partial charge in [-0.2, -0.15) is 8.78 Å². The Morgan fingerprint density at radius 1 is 0.643 bits per heavy atom. The highest BCUT2D eigenvalue weighted by Gasteiger charge is 2.38. The first-order valence-electron chi connectivity index (χ1n) is 2.58. The van der Waals surface area contributed by atoms with Crippen LogP contribution in [-0.4, -0.2) is 12.7 Å². The normalized spacial score (nSPS) is 14.9. The van der Waals surface area contributed by atoms with Gasteiger partial charge in [-0.05, 0) is 0 Å². The summed E-state index contributed by atoms with van der Waals surface area (Å²) < 4.78 is 94.4. The average molecular weight is 232 g/mol. The third kappa shape index (κ3) is 6.31. The molecule has 0 N–H and O–H groups in total. The van der Waals surface area contributed by atoms with Gasteiger partial charge in [0, 0.05) is 0 Å². The van der Waals surface area contributed by atoms with Crippen LogP contribution in [0.2, 0.25) is 0 Å². The van der Waals surface area contributed by atoms with Gasteiger partial charge in [-0.15, -0.1) is 26.3 Å². The first-order valence-corrected chi connectivity index (χ1v) is 2.58. The number of ether oxygens (including phenoxy) is 2. The molecule has 0 aliphatic carbocycles. The van der Waals surface area contributed by atoms with Gasteiger partial charge in [0.05, 0.1) is 0 Å². The summed E-state index contributed by atoms with van der Waals surface area (Å²) >= 11 is 0. The van der Waals surface area contributed by atoms with Crippen molar-refractivity contribution in [3.05, 3.63) is 12.0 Å². The zero-order chi connectivity index (χ0) is 11.6. The van der Waals surface area contributed by atoms with Crippen LogP contribution in [0.15, 0.2) is 12.0 Å². The molecular formula is C4F8O2. The van der Waals surface area contributed by atoms with Crippen molar-refractivity contribution in [2.75, 3.05) is 0 Å². The number of alkyl halides is 6. The Morgan fingerprint density at radius 3 is 1.00 bits per heavy atom. The second-order valence-electron chi connectivity index (χ2n) is 1.64. The molecule has 0 aromatic rings. The maximum Gasteiger partial charge on any atom is 0.574 e. The summed E-state index contributed by atoms with van der Waals surface area (Å²) in [5.74, 6) is 0. The van der Waals surface area contributed by atoms with Gasteiger partial charge in [0.15, 0.2) is 0 Å². The van der Waals surface area contributed by atoms with Crippen molar-refractivity contribution in [1.82, 2.24) is 0 Å². The van der Waals surface area contributed by atoms with Gasteiger partial charge in [-0.3, -0.25) is 0 Å². The summed E-state index contributed by atoms with van der Waals surface area (Å²) in [6, 6.07) is -6.32. The topological polar surface area (TPSA) is 18.5 Å². The fraction of sp³-hybridized carbons (Fsp3) is 0.500. The van der Waals surface area contributed by atoms with E-state index < -0.39 is 24.8 Å². The predicted octanol–water partition coefficient (Wildman–Crippen LogP) is 3.12. The van der Waals surface area contributed by atoms with Crippen LogP contribution in [-0.2, 0) is 9.47 Å². The van der Waals surface area contributed by atoms with Crippen molar-refractivity contribution in [1.29, 1.82) is 0 Å². The van der Waals surface area contributed by atoms with Crippen molar-refractivity contribution >= 4 is 0 Å². The summed E-state index contributed by atoms with van der Waals surface area (Å²) in [6.07, 6.45) is -11.3. The molecule has 0 atom stereocenters. The lowest BCUT2D eigenvalue weighted by Crippen LogP contribution is -2.16. The van der Waals surface area contributed by atoms with Gasteiger partial charge in [0.25, 0.3) is 0 Å². The highest BCUT2D eigenvalue weighted by Crippen LogP contribution is 2.28. The molecule has 0 unspecified atom stereocenters. The van der Waals surface area contributed by atoms with Crippen LogP contribution in [0, 0.1) is 0 Å². The molecule has 10 heteroatoms. The minimum Gasteiger partial charge on any atom is -0.374 e. The fourth-order valence-corrected chi connectivity index (χ4v) is 0.283. The SMILES string of the molecule is F/C(OC(F)(F)F)=C(\F)OC(F)(F)F. The Morgan fingerprint density at radius 2 is 0.857 bits per heavy atom. The maximum atomic E-state index is 11.8. The van der Waals surface area contributed by atoms with Gasteiger partial charge >= 0.3 is 24.8 Å². The standard InChI is InChI=1S/C4F8O2/c5-1(13-3(7,8)9)2(6)14-4(10,11)12/b2-1-. The van der Waals surface area contributed by atoms with Gasteiger partial charge in [0.2, 0.25) is 0 Å². The van der Waals surface area contributed by atoms with E-state index in [4.69, 9.17) is 0 Å². The van der Waals surface area contributed by atoms with Crippen molar-refractivity contribution in [3.8, 4) is 0 Å². The molecule has 14 heavy (non-hydrogen) atoms. The molecule has 84 valence electrons. The van der Waals surface area contributed by atoms with E-state index >= 15 is 0 Å². The third-order valence-corrected chi connectivity index (χ3v) is 0.565. The quantitative estimate of drug-likeness (QED) is 0.537. The van der Waals surface area contributed by atoms with E-state index in [0.29, 0.717) is 0 Å². The zero-order valence-electron chi connectivity index (χ0n) is 5.84. The summed E-state index contributed by atoms with van der Waals surface area (Å²) in [4.78, 5) is 0. The molecular weight excluding hydrogens is 232 g/mol. The number of rotatable bonds is 2. The third-order valence-electron chi connectivity index (χ3n) is 0.565. The molecule has 0 spiro atoms. The minimum atomic E-state index is -5.64. The Balaban J connectivity index is 4.45. The molecule has 0 aliphatic heterocycles. The molecule has 2 nitrogen and oxygen atoms in total. The van der Waals surface area contributed by atoms with E-state index in [1.165, 1.54) is 0 Å². The predicted molar refractivity (Wildman–Crippen MR) is 23.5 cm³/mol. The van der Waals surface area contributed by atoms with Crippen LogP contribution in [0.25, 0.3) is 0 Å². The Bertz CT molecular complexity index is 200. The molecule has 0 bridgehead atoms. The number of hydrogen-bond donors (Lipinski definition) is 0. The largest absolute Gasteiger partial charge is 0.574 e. The molecule has 0 amide bonds. The first kappa shape index (κ1) is 12.8. The molecule has 0 radical (unpaired) electrons. The van der Waals surface area contributed by atoms with E-state index in [-0.39, 0.29) is 0 Å².